The normalized spacial score (nSPS) is 10.3. The molecule has 0 aliphatic heterocycles. The molecular formula is C18H24NO3+. The van der Waals surface area contributed by atoms with E-state index >= 15 is 0 Å². The first kappa shape index (κ1) is 16.2. The molecule has 0 aromatic heterocycles. The summed E-state index contributed by atoms with van der Waals surface area (Å²) in [7, 11) is 4.90. The second-order valence-corrected chi connectivity index (χ2v) is 5.05. The SMILES string of the molecule is COc1cc(C[NH2+]CCc2ccccc2)cc(OC)c1OC. The van der Waals surface area contributed by atoms with E-state index in [4.69, 9.17) is 14.2 Å². The summed E-state index contributed by atoms with van der Waals surface area (Å²) >= 11 is 0. The van der Waals surface area contributed by atoms with Gasteiger partial charge in [0.05, 0.1) is 27.9 Å². The van der Waals surface area contributed by atoms with Gasteiger partial charge in [-0.05, 0) is 17.7 Å². The molecule has 2 aromatic carbocycles. The van der Waals surface area contributed by atoms with Crippen LogP contribution in [0.3, 0.4) is 0 Å². The molecule has 4 nitrogen and oxygen atoms in total. The predicted molar refractivity (Wildman–Crippen MR) is 86.7 cm³/mol. The van der Waals surface area contributed by atoms with Crippen molar-refractivity contribution in [1.82, 2.24) is 0 Å². The fourth-order valence-corrected chi connectivity index (χ4v) is 2.44. The van der Waals surface area contributed by atoms with E-state index in [0.29, 0.717) is 17.2 Å². The van der Waals surface area contributed by atoms with Crippen molar-refractivity contribution in [1.29, 1.82) is 0 Å². The van der Waals surface area contributed by atoms with Gasteiger partial charge in [0.1, 0.15) is 6.54 Å². The third-order valence-corrected chi connectivity index (χ3v) is 3.58. The number of rotatable bonds is 8. The van der Waals surface area contributed by atoms with Crippen LogP contribution in [0.15, 0.2) is 42.5 Å². The summed E-state index contributed by atoms with van der Waals surface area (Å²) in [6.07, 6.45) is 1.06. The number of benzene rings is 2. The Morgan fingerprint density at radius 3 is 2.00 bits per heavy atom. The van der Waals surface area contributed by atoms with Crippen LogP contribution in [-0.4, -0.2) is 27.9 Å². The first-order chi connectivity index (χ1) is 10.8. The van der Waals surface area contributed by atoms with Crippen molar-refractivity contribution in [2.24, 2.45) is 0 Å². The number of methoxy groups -OCH3 is 3. The van der Waals surface area contributed by atoms with Crippen LogP contribution >= 0.6 is 0 Å². The van der Waals surface area contributed by atoms with E-state index in [-0.39, 0.29) is 0 Å². The first-order valence-electron chi connectivity index (χ1n) is 7.43. The van der Waals surface area contributed by atoms with Gasteiger partial charge in [-0.1, -0.05) is 30.3 Å². The van der Waals surface area contributed by atoms with Crippen molar-refractivity contribution in [2.75, 3.05) is 27.9 Å². The molecule has 0 aliphatic carbocycles. The minimum atomic E-state index is 0.637. The van der Waals surface area contributed by atoms with Crippen molar-refractivity contribution >= 4 is 0 Å². The molecule has 0 atom stereocenters. The standard InChI is InChI=1S/C18H23NO3/c1-20-16-11-15(12-17(21-2)18(16)22-3)13-19-10-9-14-7-5-4-6-8-14/h4-8,11-12,19H,9-10,13H2,1-3H3/p+1. The first-order valence-corrected chi connectivity index (χ1v) is 7.43. The quantitative estimate of drug-likeness (QED) is 0.759. The van der Waals surface area contributed by atoms with E-state index in [0.717, 1.165) is 25.1 Å². The molecule has 0 amide bonds. The summed E-state index contributed by atoms with van der Waals surface area (Å²) in [6.45, 7) is 1.92. The number of nitrogens with two attached hydrogens (primary N) is 1. The van der Waals surface area contributed by atoms with Gasteiger partial charge >= 0.3 is 0 Å². The lowest BCUT2D eigenvalue weighted by Crippen LogP contribution is -2.83. The van der Waals surface area contributed by atoms with Gasteiger partial charge in [-0.15, -0.1) is 0 Å². The van der Waals surface area contributed by atoms with E-state index < -0.39 is 0 Å². The van der Waals surface area contributed by atoms with Crippen LogP contribution in [0.25, 0.3) is 0 Å². The zero-order chi connectivity index (χ0) is 15.8. The lowest BCUT2D eigenvalue weighted by Gasteiger charge is -2.13. The largest absolute Gasteiger partial charge is 0.493 e. The molecule has 2 rings (SSSR count). The highest BCUT2D eigenvalue weighted by molar-refractivity contribution is 5.53. The molecule has 0 unspecified atom stereocenters. The molecule has 0 saturated heterocycles. The molecule has 0 saturated carbocycles. The summed E-state index contributed by atoms with van der Waals surface area (Å²) in [6, 6.07) is 14.5. The summed E-state index contributed by atoms with van der Waals surface area (Å²) in [5, 5.41) is 2.29. The van der Waals surface area contributed by atoms with E-state index in [1.165, 1.54) is 5.56 Å². The number of hydrogen-bond acceptors (Lipinski definition) is 3. The van der Waals surface area contributed by atoms with Crippen LogP contribution < -0.4 is 19.5 Å². The molecule has 0 spiro atoms. The predicted octanol–water partition coefficient (Wildman–Crippen LogP) is 2.02. The lowest BCUT2D eigenvalue weighted by atomic mass is 10.1. The lowest BCUT2D eigenvalue weighted by molar-refractivity contribution is -0.670. The van der Waals surface area contributed by atoms with Crippen LogP contribution in [0.4, 0.5) is 0 Å². The van der Waals surface area contributed by atoms with E-state index in [1.54, 1.807) is 21.3 Å². The van der Waals surface area contributed by atoms with E-state index in [2.05, 4.69) is 29.6 Å². The maximum atomic E-state index is 5.38. The topological polar surface area (TPSA) is 44.3 Å². The fraction of sp³-hybridized carbons (Fsp3) is 0.333. The maximum absolute atomic E-state index is 5.38. The average Bonchev–Trinajstić information content (AvgIpc) is 2.58. The Morgan fingerprint density at radius 2 is 1.45 bits per heavy atom. The molecule has 0 radical (unpaired) electrons. The van der Waals surface area contributed by atoms with E-state index in [1.807, 2.05) is 18.2 Å². The number of quaternary nitrogens is 1. The molecule has 2 aromatic rings. The van der Waals surface area contributed by atoms with Gasteiger partial charge in [-0.2, -0.15) is 0 Å². The molecule has 0 bridgehead atoms. The molecule has 0 fully saturated rings. The second kappa shape index (κ2) is 8.29. The van der Waals surface area contributed by atoms with Gasteiger partial charge in [0, 0.05) is 12.0 Å². The van der Waals surface area contributed by atoms with Crippen LogP contribution in [0.2, 0.25) is 0 Å². The molecule has 22 heavy (non-hydrogen) atoms. The summed E-state index contributed by atoms with van der Waals surface area (Å²) in [4.78, 5) is 0. The van der Waals surface area contributed by atoms with Crippen LogP contribution in [0.1, 0.15) is 11.1 Å². The van der Waals surface area contributed by atoms with Crippen LogP contribution in [0.5, 0.6) is 17.2 Å². The Bertz CT molecular complexity index is 559. The summed E-state index contributed by atoms with van der Waals surface area (Å²) in [5.74, 6) is 2.04. The Labute approximate surface area is 132 Å². The van der Waals surface area contributed by atoms with Crippen LogP contribution in [0, 0.1) is 0 Å². The monoisotopic (exact) mass is 302 g/mol. The smallest absolute Gasteiger partial charge is 0.203 e. The molecule has 2 N–H and O–H groups in total. The Morgan fingerprint density at radius 1 is 0.818 bits per heavy atom. The number of ether oxygens (including phenoxy) is 3. The molecule has 0 heterocycles. The van der Waals surface area contributed by atoms with Gasteiger partial charge < -0.3 is 19.5 Å². The minimum Gasteiger partial charge on any atom is -0.493 e. The molecular weight excluding hydrogens is 278 g/mol. The number of hydrogen-bond donors (Lipinski definition) is 1. The Hall–Kier alpha value is -2.20. The minimum absolute atomic E-state index is 0.637. The van der Waals surface area contributed by atoms with Gasteiger partial charge in [0.15, 0.2) is 11.5 Å². The highest BCUT2D eigenvalue weighted by atomic mass is 16.5. The van der Waals surface area contributed by atoms with Crippen molar-refractivity contribution < 1.29 is 19.5 Å². The third-order valence-electron chi connectivity index (χ3n) is 3.58. The fourth-order valence-electron chi connectivity index (χ4n) is 2.44. The van der Waals surface area contributed by atoms with Crippen molar-refractivity contribution in [3.63, 3.8) is 0 Å². The Balaban J connectivity index is 1.95. The zero-order valence-corrected chi connectivity index (χ0v) is 13.5. The van der Waals surface area contributed by atoms with E-state index in [9.17, 15) is 0 Å². The summed E-state index contributed by atoms with van der Waals surface area (Å²) in [5.41, 5.74) is 2.52. The van der Waals surface area contributed by atoms with Gasteiger partial charge in [-0.3, -0.25) is 0 Å². The highest BCUT2D eigenvalue weighted by Crippen LogP contribution is 2.37. The molecule has 4 heteroatoms. The average molecular weight is 302 g/mol. The van der Waals surface area contributed by atoms with Gasteiger partial charge in [0.25, 0.3) is 0 Å². The van der Waals surface area contributed by atoms with Crippen molar-refractivity contribution in [3.05, 3.63) is 53.6 Å². The zero-order valence-electron chi connectivity index (χ0n) is 13.5. The third kappa shape index (κ3) is 4.15. The Kier molecular flexibility index (Phi) is 6.10. The van der Waals surface area contributed by atoms with Crippen molar-refractivity contribution in [3.8, 4) is 17.2 Å². The highest BCUT2D eigenvalue weighted by Gasteiger charge is 2.13. The van der Waals surface area contributed by atoms with Crippen molar-refractivity contribution in [2.45, 2.75) is 13.0 Å². The van der Waals surface area contributed by atoms with Gasteiger partial charge in [0.2, 0.25) is 5.75 Å². The summed E-state index contributed by atoms with van der Waals surface area (Å²) < 4.78 is 16.1. The molecule has 0 aliphatic rings. The van der Waals surface area contributed by atoms with Gasteiger partial charge in [-0.25, -0.2) is 0 Å². The molecule has 118 valence electrons. The van der Waals surface area contributed by atoms with Crippen LogP contribution in [-0.2, 0) is 13.0 Å². The maximum Gasteiger partial charge on any atom is 0.203 e. The second-order valence-electron chi connectivity index (χ2n) is 5.05.